The van der Waals surface area contributed by atoms with Crippen molar-refractivity contribution in [2.45, 2.75) is 30.0 Å². The summed E-state index contributed by atoms with van der Waals surface area (Å²) in [5, 5.41) is 0.100. The van der Waals surface area contributed by atoms with E-state index in [-0.39, 0.29) is 16.5 Å². The van der Waals surface area contributed by atoms with E-state index in [0.29, 0.717) is 18.6 Å². The SMILES string of the molecule is CC1S[C@@H](COC(=O)c2ccccc2)CC1F. The van der Waals surface area contributed by atoms with Crippen LogP contribution in [0.5, 0.6) is 0 Å². The van der Waals surface area contributed by atoms with E-state index in [1.54, 1.807) is 36.0 Å². The molecule has 0 amide bonds. The number of hydrogen-bond donors (Lipinski definition) is 0. The minimum atomic E-state index is -0.777. The highest BCUT2D eigenvalue weighted by Gasteiger charge is 2.32. The summed E-state index contributed by atoms with van der Waals surface area (Å²) in [7, 11) is 0. The van der Waals surface area contributed by atoms with Crippen molar-refractivity contribution >= 4 is 17.7 Å². The average Bonchev–Trinajstić information content (AvgIpc) is 2.67. The van der Waals surface area contributed by atoms with Crippen molar-refractivity contribution in [1.82, 2.24) is 0 Å². The summed E-state index contributed by atoms with van der Waals surface area (Å²) < 4.78 is 18.4. The fraction of sp³-hybridized carbons (Fsp3) is 0.462. The molecule has 1 aliphatic heterocycles. The van der Waals surface area contributed by atoms with Crippen LogP contribution in [0.25, 0.3) is 0 Å². The molecule has 2 rings (SSSR count). The van der Waals surface area contributed by atoms with Crippen molar-refractivity contribution in [3.63, 3.8) is 0 Å². The lowest BCUT2D eigenvalue weighted by atomic mass is 10.2. The van der Waals surface area contributed by atoms with Gasteiger partial charge in [0, 0.05) is 10.5 Å². The Bertz CT molecular complexity index is 372. The van der Waals surface area contributed by atoms with E-state index in [0.717, 1.165) is 0 Å². The van der Waals surface area contributed by atoms with Gasteiger partial charge in [0.1, 0.15) is 12.8 Å². The molecule has 0 bridgehead atoms. The lowest BCUT2D eigenvalue weighted by Crippen LogP contribution is -2.15. The molecule has 4 heteroatoms. The molecule has 0 radical (unpaired) electrons. The molecule has 0 aliphatic carbocycles. The van der Waals surface area contributed by atoms with Gasteiger partial charge in [0.05, 0.1) is 5.56 Å². The van der Waals surface area contributed by atoms with Crippen LogP contribution in [-0.2, 0) is 4.74 Å². The Labute approximate surface area is 105 Å². The third kappa shape index (κ3) is 3.22. The van der Waals surface area contributed by atoms with E-state index in [9.17, 15) is 9.18 Å². The van der Waals surface area contributed by atoms with E-state index >= 15 is 0 Å². The molecule has 0 N–H and O–H groups in total. The zero-order chi connectivity index (χ0) is 12.3. The molecule has 0 aromatic heterocycles. The summed E-state index contributed by atoms with van der Waals surface area (Å²) in [6.07, 6.45) is -0.297. The highest BCUT2D eigenvalue weighted by atomic mass is 32.2. The molecule has 1 fully saturated rings. The van der Waals surface area contributed by atoms with Crippen LogP contribution < -0.4 is 0 Å². The molecule has 2 nitrogen and oxygen atoms in total. The molecule has 17 heavy (non-hydrogen) atoms. The van der Waals surface area contributed by atoms with Crippen molar-refractivity contribution in [1.29, 1.82) is 0 Å². The Hall–Kier alpha value is -1.03. The maximum absolute atomic E-state index is 13.3. The molecule has 2 unspecified atom stereocenters. The lowest BCUT2D eigenvalue weighted by molar-refractivity contribution is 0.0501. The van der Waals surface area contributed by atoms with Crippen LogP contribution in [0.1, 0.15) is 23.7 Å². The summed E-state index contributed by atoms with van der Waals surface area (Å²) in [4.78, 5) is 11.6. The van der Waals surface area contributed by atoms with Gasteiger partial charge < -0.3 is 4.74 Å². The maximum atomic E-state index is 13.3. The topological polar surface area (TPSA) is 26.3 Å². The molecule has 1 heterocycles. The summed E-state index contributed by atoms with van der Waals surface area (Å²) in [5.74, 6) is -0.332. The zero-order valence-corrected chi connectivity index (χ0v) is 10.5. The van der Waals surface area contributed by atoms with Gasteiger partial charge in [-0.1, -0.05) is 25.1 Å². The first kappa shape index (κ1) is 12.4. The van der Waals surface area contributed by atoms with Gasteiger partial charge >= 0.3 is 5.97 Å². The Balaban J connectivity index is 1.81. The Morgan fingerprint density at radius 3 is 2.76 bits per heavy atom. The van der Waals surface area contributed by atoms with E-state index < -0.39 is 6.17 Å². The van der Waals surface area contributed by atoms with E-state index in [1.165, 1.54) is 0 Å². The molecular formula is C13H15FO2S. The third-order valence-electron chi connectivity index (χ3n) is 2.81. The first-order valence-electron chi connectivity index (χ1n) is 5.68. The Kier molecular flexibility index (Phi) is 4.05. The first-order chi connectivity index (χ1) is 8.16. The molecule has 3 atom stereocenters. The van der Waals surface area contributed by atoms with Crippen molar-refractivity contribution in [2.75, 3.05) is 6.61 Å². The van der Waals surface area contributed by atoms with Gasteiger partial charge in [-0.3, -0.25) is 0 Å². The number of carbonyl (C=O) groups excluding carboxylic acids is 1. The maximum Gasteiger partial charge on any atom is 0.338 e. The van der Waals surface area contributed by atoms with Gasteiger partial charge in [-0.2, -0.15) is 0 Å². The lowest BCUT2D eigenvalue weighted by Gasteiger charge is -2.09. The minimum Gasteiger partial charge on any atom is -0.461 e. The second kappa shape index (κ2) is 5.54. The van der Waals surface area contributed by atoms with Crippen LogP contribution in [0.4, 0.5) is 4.39 Å². The Morgan fingerprint density at radius 2 is 2.18 bits per heavy atom. The fourth-order valence-corrected chi connectivity index (χ4v) is 3.15. The third-order valence-corrected chi connectivity index (χ3v) is 4.25. The predicted octanol–water partition coefficient (Wildman–Crippen LogP) is 3.08. The standard InChI is InChI=1S/C13H15FO2S/c1-9-12(14)7-11(17-9)8-16-13(15)10-5-3-2-4-6-10/h2-6,9,11-12H,7-8H2,1H3/t9?,11-,12?/m1/s1. The molecule has 1 aromatic carbocycles. The highest BCUT2D eigenvalue weighted by molar-refractivity contribution is 8.00. The highest BCUT2D eigenvalue weighted by Crippen LogP contribution is 2.35. The summed E-state index contributed by atoms with van der Waals surface area (Å²) >= 11 is 1.56. The molecular weight excluding hydrogens is 239 g/mol. The molecule has 0 saturated carbocycles. The minimum absolute atomic E-state index is 0.00965. The van der Waals surface area contributed by atoms with Crippen LogP contribution in [0.15, 0.2) is 30.3 Å². The van der Waals surface area contributed by atoms with Crippen molar-refractivity contribution in [2.24, 2.45) is 0 Å². The second-order valence-electron chi connectivity index (χ2n) is 4.18. The molecule has 1 aliphatic rings. The fourth-order valence-electron chi connectivity index (χ4n) is 1.82. The first-order valence-corrected chi connectivity index (χ1v) is 6.63. The number of ether oxygens (including phenoxy) is 1. The molecule has 92 valence electrons. The number of hydrogen-bond acceptors (Lipinski definition) is 3. The number of alkyl halides is 1. The number of rotatable bonds is 3. The second-order valence-corrected chi connectivity index (χ2v) is 5.86. The normalized spacial score (nSPS) is 28.0. The molecule has 1 aromatic rings. The Morgan fingerprint density at radius 1 is 1.47 bits per heavy atom. The van der Waals surface area contributed by atoms with Crippen molar-refractivity contribution < 1.29 is 13.9 Å². The van der Waals surface area contributed by atoms with Crippen LogP contribution in [-0.4, -0.2) is 29.2 Å². The smallest absolute Gasteiger partial charge is 0.338 e. The monoisotopic (exact) mass is 254 g/mol. The predicted molar refractivity (Wildman–Crippen MR) is 67.1 cm³/mol. The van der Waals surface area contributed by atoms with E-state index in [1.807, 2.05) is 13.0 Å². The van der Waals surface area contributed by atoms with Gasteiger partial charge in [-0.15, -0.1) is 11.8 Å². The van der Waals surface area contributed by atoms with E-state index in [2.05, 4.69) is 0 Å². The van der Waals surface area contributed by atoms with Gasteiger partial charge in [-0.05, 0) is 18.6 Å². The summed E-state index contributed by atoms with van der Waals surface area (Å²) in [5.41, 5.74) is 0.542. The summed E-state index contributed by atoms with van der Waals surface area (Å²) in [6, 6.07) is 8.86. The number of carbonyl (C=O) groups is 1. The van der Waals surface area contributed by atoms with Crippen LogP contribution in [0, 0.1) is 0 Å². The van der Waals surface area contributed by atoms with Crippen molar-refractivity contribution in [3.05, 3.63) is 35.9 Å². The van der Waals surface area contributed by atoms with Gasteiger partial charge in [0.25, 0.3) is 0 Å². The number of thioether (sulfide) groups is 1. The van der Waals surface area contributed by atoms with Crippen LogP contribution in [0.3, 0.4) is 0 Å². The quantitative estimate of drug-likeness (QED) is 0.775. The summed E-state index contributed by atoms with van der Waals surface area (Å²) in [6.45, 7) is 2.16. The molecule has 1 saturated heterocycles. The zero-order valence-electron chi connectivity index (χ0n) is 9.64. The number of benzene rings is 1. The van der Waals surface area contributed by atoms with E-state index in [4.69, 9.17) is 4.74 Å². The van der Waals surface area contributed by atoms with Gasteiger partial charge in [0.2, 0.25) is 0 Å². The van der Waals surface area contributed by atoms with Gasteiger partial charge in [-0.25, -0.2) is 9.18 Å². The van der Waals surface area contributed by atoms with Gasteiger partial charge in [0.15, 0.2) is 0 Å². The molecule has 0 spiro atoms. The van der Waals surface area contributed by atoms with Crippen LogP contribution >= 0.6 is 11.8 Å². The number of halogens is 1. The van der Waals surface area contributed by atoms with Crippen molar-refractivity contribution in [3.8, 4) is 0 Å². The largest absolute Gasteiger partial charge is 0.461 e. The van der Waals surface area contributed by atoms with Crippen LogP contribution in [0.2, 0.25) is 0 Å². The number of esters is 1. The average molecular weight is 254 g/mol.